The van der Waals surface area contributed by atoms with Crippen molar-refractivity contribution in [3.63, 3.8) is 0 Å². The van der Waals surface area contributed by atoms with Crippen LogP contribution >= 0.6 is 0 Å². The molecule has 1 saturated carbocycles. The number of nitrogens with one attached hydrogen (secondary N) is 1. The van der Waals surface area contributed by atoms with Crippen LogP contribution in [0.5, 0.6) is 0 Å². The van der Waals surface area contributed by atoms with Gasteiger partial charge in [0.15, 0.2) is 0 Å². The summed E-state index contributed by atoms with van der Waals surface area (Å²) >= 11 is 0. The smallest absolute Gasteiger partial charge is 0.297 e. The van der Waals surface area contributed by atoms with Crippen molar-refractivity contribution in [3.05, 3.63) is 17.5 Å². The average Bonchev–Trinajstić information content (AvgIpc) is 2.86. The van der Waals surface area contributed by atoms with E-state index in [1.807, 2.05) is 0 Å². The van der Waals surface area contributed by atoms with E-state index < -0.39 is 11.7 Å². The normalized spacial score (nSPS) is 20.4. The molecule has 17 heavy (non-hydrogen) atoms. The van der Waals surface area contributed by atoms with Gasteiger partial charge in [0, 0.05) is 24.8 Å². The third-order valence-electron chi connectivity index (χ3n) is 3.30. The Hall–Kier alpha value is -1.04. The Morgan fingerprint density at radius 2 is 2.06 bits per heavy atom. The molecule has 2 rings (SSSR count). The molecule has 0 spiro atoms. The molecule has 0 radical (unpaired) electrons. The van der Waals surface area contributed by atoms with Crippen molar-refractivity contribution in [1.82, 2.24) is 15.1 Å². The second-order valence-electron chi connectivity index (χ2n) is 4.79. The van der Waals surface area contributed by atoms with Crippen molar-refractivity contribution in [2.24, 2.45) is 7.05 Å². The monoisotopic (exact) mass is 247 g/mol. The van der Waals surface area contributed by atoms with E-state index in [2.05, 4.69) is 10.4 Å². The van der Waals surface area contributed by atoms with Crippen molar-refractivity contribution in [2.75, 3.05) is 0 Å². The summed E-state index contributed by atoms with van der Waals surface area (Å²) in [5.74, 6) is 0. The highest BCUT2D eigenvalue weighted by molar-refractivity contribution is 5.22. The number of aromatic nitrogens is 2. The molecule has 1 aliphatic carbocycles. The Morgan fingerprint density at radius 3 is 2.41 bits per heavy atom. The fourth-order valence-electron chi connectivity index (χ4n) is 2.17. The van der Waals surface area contributed by atoms with Gasteiger partial charge in [-0.05, 0) is 26.7 Å². The van der Waals surface area contributed by atoms with Crippen molar-refractivity contribution in [2.45, 2.75) is 44.4 Å². The molecule has 1 fully saturated rings. The maximum atomic E-state index is 12.8. The van der Waals surface area contributed by atoms with Gasteiger partial charge in [0.05, 0.1) is 5.69 Å². The highest BCUT2D eigenvalue weighted by atomic mass is 19.4. The molecule has 1 heterocycles. The number of rotatable bonds is 3. The molecular weight excluding hydrogens is 231 g/mol. The van der Waals surface area contributed by atoms with Crippen LogP contribution in [-0.4, -0.2) is 21.5 Å². The van der Waals surface area contributed by atoms with E-state index in [1.165, 1.54) is 0 Å². The van der Waals surface area contributed by atoms with Gasteiger partial charge < -0.3 is 0 Å². The maximum absolute atomic E-state index is 12.8. The topological polar surface area (TPSA) is 29.9 Å². The molecule has 1 atom stereocenters. The number of halogens is 3. The average molecular weight is 247 g/mol. The van der Waals surface area contributed by atoms with Gasteiger partial charge in [-0.3, -0.25) is 10.00 Å². The third-order valence-corrected chi connectivity index (χ3v) is 3.30. The summed E-state index contributed by atoms with van der Waals surface area (Å²) < 4.78 is 40.0. The first kappa shape index (κ1) is 12.4. The van der Waals surface area contributed by atoms with Crippen LogP contribution in [0, 0.1) is 6.92 Å². The molecule has 0 bridgehead atoms. The third kappa shape index (κ3) is 2.18. The van der Waals surface area contributed by atoms with Crippen LogP contribution in [0.25, 0.3) is 0 Å². The van der Waals surface area contributed by atoms with Gasteiger partial charge in [0.25, 0.3) is 0 Å². The van der Waals surface area contributed by atoms with E-state index in [0.717, 1.165) is 11.3 Å². The lowest BCUT2D eigenvalue weighted by Gasteiger charge is -2.25. The summed E-state index contributed by atoms with van der Waals surface area (Å²) in [4.78, 5) is 0. The van der Waals surface area contributed by atoms with E-state index in [0.29, 0.717) is 0 Å². The zero-order chi connectivity index (χ0) is 12.8. The van der Waals surface area contributed by atoms with Gasteiger partial charge >= 0.3 is 6.18 Å². The van der Waals surface area contributed by atoms with Gasteiger partial charge in [0.2, 0.25) is 0 Å². The Morgan fingerprint density at radius 1 is 1.47 bits per heavy atom. The number of hydrogen-bond acceptors (Lipinski definition) is 2. The highest BCUT2D eigenvalue weighted by Crippen LogP contribution is 2.50. The van der Waals surface area contributed by atoms with E-state index in [-0.39, 0.29) is 18.9 Å². The minimum absolute atomic E-state index is 0.167. The number of alkyl halides is 3. The van der Waals surface area contributed by atoms with Crippen LogP contribution in [0.1, 0.15) is 37.1 Å². The van der Waals surface area contributed by atoms with Gasteiger partial charge in [-0.15, -0.1) is 0 Å². The van der Waals surface area contributed by atoms with Gasteiger partial charge in [-0.25, -0.2) is 0 Å². The maximum Gasteiger partial charge on any atom is 0.406 e. The van der Waals surface area contributed by atoms with Crippen LogP contribution in [0.15, 0.2) is 6.20 Å². The van der Waals surface area contributed by atoms with Crippen molar-refractivity contribution < 1.29 is 13.2 Å². The quantitative estimate of drug-likeness (QED) is 0.889. The molecule has 0 amide bonds. The Bertz CT molecular complexity index is 418. The molecule has 1 aliphatic rings. The van der Waals surface area contributed by atoms with Crippen molar-refractivity contribution in [3.8, 4) is 0 Å². The standard InChI is InChI=1S/C11H16F3N3/c1-7(9-6-17(3)16-8(9)2)15-10(4-5-10)11(12,13)14/h6-7,15H,4-5H2,1-3H3. The second kappa shape index (κ2) is 3.73. The van der Waals surface area contributed by atoms with E-state index in [9.17, 15) is 13.2 Å². The summed E-state index contributed by atoms with van der Waals surface area (Å²) in [6, 6.07) is -0.340. The van der Waals surface area contributed by atoms with Crippen LogP contribution in [0.2, 0.25) is 0 Å². The summed E-state index contributed by atoms with van der Waals surface area (Å²) in [6.45, 7) is 3.55. The second-order valence-corrected chi connectivity index (χ2v) is 4.79. The van der Waals surface area contributed by atoms with Crippen LogP contribution in [0.3, 0.4) is 0 Å². The SMILES string of the molecule is Cc1nn(C)cc1C(C)NC1(C(F)(F)F)CC1. The first-order valence-electron chi connectivity index (χ1n) is 5.60. The largest absolute Gasteiger partial charge is 0.406 e. The summed E-state index contributed by atoms with van der Waals surface area (Å²) in [6.07, 6.45) is -2.07. The fourth-order valence-corrected chi connectivity index (χ4v) is 2.17. The minimum Gasteiger partial charge on any atom is -0.297 e. The van der Waals surface area contributed by atoms with E-state index in [4.69, 9.17) is 0 Å². The van der Waals surface area contributed by atoms with Crippen molar-refractivity contribution in [1.29, 1.82) is 0 Å². The molecule has 1 aromatic heterocycles. The molecule has 0 aromatic carbocycles. The van der Waals surface area contributed by atoms with Crippen molar-refractivity contribution >= 4 is 0 Å². The predicted molar refractivity (Wildman–Crippen MR) is 57.5 cm³/mol. The molecule has 6 heteroatoms. The number of hydrogen-bond donors (Lipinski definition) is 1. The van der Waals surface area contributed by atoms with Gasteiger partial charge in [0.1, 0.15) is 5.54 Å². The zero-order valence-electron chi connectivity index (χ0n) is 10.1. The highest BCUT2D eigenvalue weighted by Gasteiger charge is 2.63. The predicted octanol–water partition coefficient (Wildman–Crippen LogP) is 2.47. The lowest BCUT2D eigenvalue weighted by molar-refractivity contribution is -0.167. The number of aryl methyl sites for hydroxylation is 2. The van der Waals surface area contributed by atoms with Crippen LogP contribution in [-0.2, 0) is 7.05 Å². The molecule has 1 aromatic rings. The zero-order valence-corrected chi connectivity index (χ0v) is 10.1. The van der Waals surface area contributed by atoms with Crippen LogP contribution in [0.4, 0.5) is 13.2 Å². The molecule has 96 valence electrons. The molecular formula is C11H16F3N3. The molecule has 0 aliphatic heterocycles. The lowest BCUT2D eigenvalue weighted by Crippen LogP contribution is -2.45. The molecule has 3 nitrogen and oxygen atoms in total. The minimum atomic E-state index is -4.17. The summed E-state index contributed by atoms with van der Waals surface area (Å²) in [7, 11) is 1.76. The number of nitrogens with zero attached hydrogens (tertiary/aromatic N) is 2. The molecule has 0 saturated heterocycles. The first-order valence-corrected chi connectivity index (χ1v) is 5.60. The molecule has 1 N–H and O–H groups in total. The lowest BCUT2D eigenvalue weighted by atomic mass is 10.1. The Balaban J connectivity index is 2.13. The Kier molecular flexibility index (Phi) is 2.72. The fraction of sp³-hybridized carbons (Fsp3) is 0.727. The summed E-state index contributed by atoms with van der Waals surface area (Å²) in [5, 5.41) is 6.84. The van der Waals surface area contributed by atoms with Gasteiger partial charge in [-0.2, -0.15) is 18.3 Å². The molecule has 1 unspecified atom stereocenters. The Labute approximate surface area is 98.0 Å². The van der Waals surface area contributed by atoms with E-state index in [1.54, 1.807) is 31.8 Å². The van der Waals surface area contributed by atoms with Gasteiger partial charge in [-0.1, -0.05) is 0 Å². The first-order chi connectivity index (χ1) is 7.75. The van der Waals surface area contributed by atoms with Crippen LogP contribution < -0.4 is 5.32 Å². The summed E-state index contributed by atoms with van der Waals surface area (Å²) in [5.41, 5.74) is -0.0807. The van der Waals surface area contributed by atoms with E-state index >= 15 is 0 Å².